The van der Waals surface area contributed by atoms with E-state index >= 15 is 0 Å². The van der Waals surface area contributed by atoms with E-state index < -0.39 is 0 Å². The predicted molar refractivity (Wildman–Crippen MR) is 162 cm³/mol. The van der Waals surface area contributed by atoms with Crippen LogP contribution in [0.5, 0.6) is 0 Å². The van der Waals surface area contributed by atoms with E-state index in [4.69, 9.17) is 9.47 Å². The van der Waals surface area contributed by atoms with E-state index in [2.05, 4.69) is 62.3 Å². The van der Waals surface area contributed by atoms with Crippen LogP contribution in [0.4, 0.5) is 0 Å². The van der Waals surface area contributed by atoms with Crippen LogP contribution in [0, 0.1) is 45.3 Å². The zero-order valence-corrected chi connectivity index (χ0v) is 27.5. The topological polar surface area (TPSA) is 55.8 Å². The normalized spacial score (nSPS) is 49.9. The maximum atomic E-state index is 12.9. The highest BCUT2D eigenvalue weighted by Crippen LogP contribution is 2.76. The molecule has 4 heteroatoms. The first-order valence-electron chi connectivity index (χ1n) is 16.7. The molecule has 0 spiro atoms. The van der Waals surface area contributed by atoms with Gasteiger partial charge < -0.3 is 14.6 Å². The van der Waals surface area contributed by atoms with Gasteiger partial charge in [0.05, 0.1) is 17.3 Å². The number of esters is 1. The van der Waals surface area contributed by atoms with Crippen molar-refractivity contribution in [3.63, 3.8) is 0 Å². The number of ether oxygens (including phenoxy) is 2. The lowest BCUT2D eigenvalue weighted by Gasteiger charge is -2.70. The maximum Gasteiger partial charge on any atom is 0.333 e. The van der Waals surface area contributed by atoms with Crippen LogP contribution in [0.2, 0.25) is 0 Å². The molecule has 228 valence electrons. The lowest BCUT2D eigenvalue weighted by molar-refractivity contribution is -0.258. The van der Waals surface area contributed by atoms with Gasteiger partial charge in [0.25, 0.3) is 0 Å². The predicted octanol–water partition coefficient (Wildman–Crippen LogP) is 8.65. The van der Waals surface area contributed by atoms with E-state index in [1.165, 1.54) is 32.1 Å². The fraction of sp³-hybridized carbons (Fsp3) is 0.917. The largest absolute Gasteiger partial charge is 0.458 e. The van der Waals surface area contributed by atoms with Crippen LogP contribution in [-0.2, 0) is 14.3 Å². The van der Waals surface area contributed by atoms with E-state index in [1.54, 1.807) is 0 Å². The van der Waals surface area contributed by atoms with Crippen molar-refractivity contribution in [3.8, 4) is 0 Å². The van der Waals surface area contributed by atoms with Crippen molar-refractivity contribution in [1.29, 1.82) is 0 Å². The number of fused-ring (bicyclic) bond motifs is 5. The molecule has 4 saturated carbocycles. The maximum absolute atomic E-state index is 12.9. The van der Waals surface area contributed by atoms with Crippen molar-refractivity contribution in [2.45, 2.75) is 163 Å². The minimum atomic E-state index is -0.280. The fourth-order valence-corrected chi connectivity index (χ4v) is 12.1. The van der Waals surface area contributed by atoms with Crippen LogP contribution in [0.3, 0.4) is 0 Å². The van der Waals surface area contributed by atoms with Crippen LogP contribution in [0.1, 0.15) is 140 Å². The average molecular weight is 557 g/mol. The van der Waals surface area contributed by atoms with Gasteiger partial charge in [0.2, 0.25) is 0 Å². The van der Waals surface area contributed by atoms with Crippen molar-refractivity contribution >= 4 is 5.97 Å². The Balaban J connectivity index is 1.43. The van der Waals surface area contributed by atoms with E-state index in [0.717, 1.165) is 44.1 Å². The molecule has 0 amide bonds. The average Bonchev–Trinajstić information content (AvgIpc) is 3.22. The summed E-state index contributed by atoms with van der Waals surface area (Å²) in [6.45, 7) is 23.2. The summed E-state index contributed by atoms with van der Waals surface area (Å²) in [6.07, 6.45) is 13.6. The number of carbonyl (C=O) groups excluding carboxylic acids is 1. The fourth-order valence-electron chi connectivity index (χ4n) is 12.1. The van der Waals surface area contributed by atoms with Gasteiger partial charge >= 0.3 is 5.97 Å². The molecular weight excluding hydrogens is 496 g/mol. The first kappa shape index (κ1) is 30.6. The number of aliphatic hydroxyl groups excluding tert-OH is 1. The molecule has 0 aromatic heterocycles. The molecular formula is C36H60O4. The van der Waals surface area contributed by atoms with Crippen LogP contribution in [0.25, 0.3) is 0 Å². The summed E-state index contributed by atoms with van der Waals surface area (Å²) in [5.41, 5.74) is 0.841. The molecule has 1 heterocycles. The first-order chi connectivity index (χ1) is 18.5. The number of hydrogen-bond acceptors (Lipinski definition) is 4. The van der Waals surface area contributed by atoms with Gasteiger partial charge in [-0.2, -0.15) is 0 Å². The summed E-state index contributed by atoms with van der Waals surface area (Å²) in [7, 11) is 0. The molecule has 1 saturated heterocycles. The van der Waals surface area contributed by atoms with Gasteiger partial charge in [-0.15, -0.1) is 0 Å². The standard InChI is InChI=1S/C36H60O4/c1-11-13-23(2)30(38)39-28-16-19-33(7)26(32(28,5)6)15-21-34(8)27(33)22-25(37)29-24(14-20-35(29,34)9)36(10)18-12-17-31(3,4)40-36/h13,24-29,37H,11-12,14-22H2,1-10H3/b23-13+/t24-,25+,26-,27+,28-,29-,33-,34+,35+,36+/m0/s1. The van der Waals surface area contributed by atoms with Gasteiger partial charge in [-0.05, 0) is 138 Å². The van der Waals surface area contributed by atoms with Crippen molar-refractivity contribution in [1.82, 2.24) is 0 Å². The summed E-state index contributed by atoms with van der Waals surface area (Å²) in [5.74, 6) is 1.52. The highest BCUT2D eigenvalue weighted by atomic mass is 16.5. The minimum Gasteiger partial charge on any atom is -0.458 e. The lowest BCUT2D eigenvalue weighted by Crippen LogP contribution is -2.67. The summed E-state index contributed by atoms with van der Waals surface area (Å²) in [6, 6.07) is 0. The van der Waals surface area contributed by atoms with Gasteiger partial charge in [0.1, 0.15) is 6.10 Å². The lowest BCUT2D eigenvalue weighted by atomic mass is 9.35. The molecule has 0 unspecified atom stereocenters. The molecule has 0 radical (unpaired) electrons. The van der Waals surface area contributed by atoms with E-state index in [-0.39, 0.29) is 51.0 Å². The second-order valence-electron chi connectivity index (χ2n) is 17.0. The van der Waals surface area contributed by atoms with Crippen LogP contribution in [-0.4, -0.2) is 34.5 Å². The van der Waals surface area contributed by atoms with Gasteiger partial charge in [0.15, 0.2) is 0 Å². The number of allylic oxidation sites excluding steroid dienone is 1. The molecule has 5 aliphatic rings. The van der Waals surface area contributed by atoms with Crippen molar-refractivity contribution < 1.29 is 19.4 Å². The number of rotatable bonds is 4. The molecule has 5 fully saturated rings. The minimum absolute atomic E-state index is 0.0536. The SMILES string of the molecule is CC/C=C(\C)C(=O)O[C@H]1CC[C@]2(C)[C@H]3C[C@@H](O)[C@@H]4[C@@H]([C@@]5(C)CCCC(C)(C)O5)CC[C@@]4(C)[C@]3(C)CC[C@H]2C1(C)C. The molecule has 0 aromatic rings. The van der Waals surface area contributed by atoms with Gasteiger partial charge in [-0.25, -0.2) is 4.79 Å². The Morgan fingerprint density at radius 2 is 1.57 bits per heavy atom. The monoisotopic (exact) mass is 556 g/mol. The van der Waals surface area contributed by atoms with Gasteiger partial charge in [-0.1, -0.05) is 47.6 Å². The quantitative estimate of drug-likeness (QED) is 0.278. The molecule has 5 rings (SSSR count). The molecule has 4 nitrogen and oxygen atoms in total. The van der Waals surface area contributed by atoms with Crippen molar-refractivity contribution in [2.24, 2.45) is 45.3 Å². The summed E-state index contributed by atoms with van der Waals surface area (Å²) in [5, 5.41) is 12.1. The molecule has 1 N–H and O–H groups in total. The molecule has 10 atom stereocenters. The third-order valence-corrected chi connectivity index (χ3v) is 14.2. The van der Waals surface area contributed by atoms with Crippen molar-refractivity contribution in [3.05, 3.63) is 11.6 Å². The number of hydrogen-bond donors (Lipinski definition) is 1. The zero-order chi connectivity index (χ0) is 29.5. The Morgan fingerprint density at radius 1 is 0.900 bits per heavy atom. The van der Waals surface area contributed by atoms with Crippen molar-refractivity contribution in [2.75, 3.05) is 0 Å². The highest BCUT2D eigenvalue weighted by Gasteiger charge is 2.72. The summed E-state index contributed by atoms with van der Waals surface area (Å²) < 4.78 is 13.1. The van der Waals surface area contributed by atoms with E-state index in [9.17, 15) is 9.90 Å². The van der Waals surface area contributed by atoms with E-state index in [0.29, 0.717) is 23.7 Å². The van der Waals surface area contributed by atoms with Crippen LogP contribution < -0.4 is 0 Å². The molecule has 1 aliphatic heterocycles. The molecule has 0 aromatic carbocycles. The number of carbonyl (C=O) groups is 1. The third kappa shape index (κ3) is 4.39. The Kier molecular flexibility index (Phi) is 7.52. The Hall–Kier alpha value is -0.870. The summed E-state index contributed by atoms with van der Waals surface area (Å²) in [4.78, 5) is 12.9. The highest BCUT2D eigenvalue weighted by molar-refractivity contribution is 5.87. The second-order valence-corrected chi connectivity index (χ2v) is 17.0. The summed E-state index contributed by atoms with van der Waals surface area (Å²) >= 11 is 0. The van der Waals surface area contributed by atoms with Gasteiger partial charge in [0, 0.05) is 11.0 Å². The van der Waals surface area contributed by atoms with E-state index in [1.807, 2.05) is 13.0 Å². The molecule has 0 bridgehead atoms. The molecule has 4 aliphatic carbocycles. The van der Waals surface area contributed by atoms with Gasteiger partial charge in [-0.3, -0.25) is 0 Å². The Labute approximate surface area is 245 Å². The third-order valence-electron chi connectivity index (χ3n) is 14.2. The zero-order valence-electron chi connectivity index (χ0n) is 27.5. The number of aliphatic hydroxyl groups is 1. The Morgan fingerprint density at radius 3 is 2.23 bits per heavy atom. The Bertz CT molecular complexity index is 1030. The smallest absolute Gasteiger partial charge is 0.333 e. The van der Waals surface area contributed by atoms with Crippen LogP contribution in [0.15, 0.2) is 11.6 Å². The molecule has 40 heavy (non-hydrogen) atoms. The second kappa shape index (κ2) is 9.83. The first-order valence-corrected chi connectivity index (χ1v) is 16.7. The van der Waals surface area contributed by atoms with Crippen LogP contribution >= 0.6 is 0 Å².